The molecule has 2 aromatic rings. The fourth-order valence-electron chi connectivity index (χ4n) is 3.13. The number of benzene rings is 1. The first-order valence-electron chi connectivity index (χ1n) is 7.97. The van der Waals surface area contributed by atoms with Crippen LogP contribution < -0.4 is 9.47 Å². The molecule has 3 rings (SSSR count). The van der Waals surface area contributed by atoms with E-state index in [-0.39, 0.29) is 24.3 Å². The molecule has 0 aliphatic carbocycles. The van der Waals surface area contributed by atoms with Crippen LogP contribution in [-0.4, -0.2) is 46.3 Å². The predicted octanol–water partition coefficient (Wildman–Crippen LogP) is 1.53. The average Bonchev–Trinajstić information content (AvgIpc) is 3.30. The smallest absolute Gasteiger partial charge is 0.252 e. The second kappa shape index (κ2) is 7.21. The van der Waals surface area contributed by atoms with Gasteiger partial charge in [-0.05, 0) is 25.0 Å². The summed E-state index contributed by atoms with van der Waals surface area (Å²) in [6.07, 6.45) is 3.19. The molecule has 0 N–H and O–H groups in total. The van der Waals surface area contributed by atoms with Gasteiger partial charge in [-0.15, -0.1) is 5.10 Å². The summed E-state index contributed by atoms with van der Waals surface area (Å²) in [7, 11) is 3.21. The number of hydrogen-bond donors (Lipinski definition) is 0. The van der Waals surface area contributed by atoms with Crippen LogP contribution in [0.3, 0.4) is 0 Å². The van der Waals surface area contributed by atoms with Crippen molar-refractivity contribution in [2.24, 2.45) is 0 Å². The lowest BCUT2D eigenvalue weighted by Crippen LogP contribution is -2.33. The molecule has 1 aliphatic rings. The summed E-state index contributed by atoms with van der Waals surface area (Å²) >= 11 is 0. The number of methoxy groups -OCH3 is 2. The van der Waals surface area contributed by atoms with Gasteiger partial charge in [-0.1, -0.05) is 0 Å². The van der Waals surface area contributed by atoms with Crippen molar-refractivity contribution in [3.05, 3.63) is 35.9 Å². The zero-order valence-corrected chi connectivity index (χ0v) is 14.2. The molecule has 2 heterocycles. The topological polar surface area (TPSA) is 93.3 Å². The molecular formula is C17H19N5O3. The lowest BCUT2D eigenvalue weighted by Gasteiger charge is -2.26. The highest BCUT2D eigenvalue weighted by molar-refractivity contribution is 5.77. The van der Waals surface area contributed by atoms with Gasteiger partial charge in [-0.3, -0.25) is 4.79 Å². The summed E-state index contributed by atoms with van der Waals surface area (Å²) in [4.78, 5) is 18.4. The number of amides is 1. The number of carbonyl (C=O) groups is 1. The molecule has 1 aliphatic heterocycles. The number of nitriles is 1. The quantitative estimate of drug-likeness (QED) is 0.819. The largest absolute Gasteiger partial charge is 0.497 e. The Bertz CT molecular complexity index is 811. The molecule has 1 amide bonds. The molecular weight excluding hydrogens is 322 g/mol. The van der Waals surface area contributed by atoms with E-state index in [2.05, 4.69) is 10.1 Å². The summed E-state index contributed by atoms with van der Waals surface area (Å²) in [6, 6.07) is 7.44. The Labute approximate surface area is 145 Å². The standard InChI is InChI=1S/C17H19N5O3/c1-24-12-5-6-13(15(8-12)25-2)14-4-3-7-22(14)17(23)10-21-11-19-16(9-18)20-21/h5-6,8,11,14H,3-4,7,10H2,1-2H3. The number of rotatable bonds is 5. The summed E-state index contributed by atoms with van der Waals surface area (Å²) in [5.41, 5.74) is 0.963. The normalized spacial score (nSPS) is 16.5. The van der Waals surface area contributed by atoms with Crippen LogP contribution in [0.1, 0.15) is 30.3 Å². The Morgan fingerprint density at radius 1 is 1.40 bits per heavy atom. The summed E-state index contributed by atoms with van der Waals surface area (Å²) < 4.78 is 12.1. The fourth-order valence-corrected chi connectivity index (χ4v) is 3.13. The first-order chi connectivity index (χ1) is 12.2. The Morgan fingerprint density at radius 3 is 2.92 bits per heavy atom. The molecule has 130 valence electrons. The third kappa shape index (κ3) is 3.40. The van der Waals surface area contributed by atoms with E-state index in [0.29, 0.717) is 18.0 Å². The van der Waals surface area contributed by atoms with E-state index in [1.54, 1.807) is 14.2 Å². The van der Waals surface area contributed by atoms with E-state index in [4.69, 9.17) is 14.7 Å². The molecule has 0 spiro atoms. The number of likely N-dealkylation sites (tertiary alicyclic amines) is 1. The lowest BCUT2D eigenvalue weighted by molar-refractivity contribution is -0.133. The van der Waals surface area contributed by atoms with Gasteiger partial charge in [0, 0.05) is 18.2 Å². The monoisotopic (exact) mass is 341 g/mol. The van der Waals surface area contributed by atoms with Crippen LogP contribution in [0.5, 0.6) is 11.5 Å². The molecule has 8 nitrogen and oxygen atoms in total. The Morgan fingerprint density at radius 2 is 2.24 bits per heavy atom. The zero-order chi connectivity index (χ0) is 17.8. The van der Waals surface area contributed by atoms with Crippen LogP contribution >= 0.6 is 0 Å². The molecule has 1 atom stereocenters. The van der Waals surface area contributed by atoms with Crippen LogP contribution in [0.2, 0.25) is 0 Å². The van der Waals surface area contributed by atoms with Crippen molar-refractivity contribution in [3.63, 3.8) is 0 Å². The summed E-state index contributed by atoms with van der Waals surface area (Å²) in [5, 5.41) is 12.7. The van der Waals surface area contributed by atoms with Crippen LogP contribution in [0.4, 0.5) is 0 Å². The second-order valence-electron chi connectivity index (χ2n) is 5.73. The summed E-state index contributed by atoms with van der Waals surface area (Å²) in [5.74, 6) is 1.41. The molecule has 0 radical (unpaired) electrons. The van der Waals surface area contributed by atoms with Crippen molar-refractivity contribution in [3.8, 4) is 17.6 Å². The van der Waals surface area contributed by atoms with E-state index in [9.17, 15) is 4.79 Å². The Balaban J connectivity index is 1.80. The molecule has 0 bridgehead atoms. The fraction of sp³-hybridized carbons (Fsp3) is 0.412. The van der Waals surface area contributed by atoms with Crippen molar-refractivity contribution < 1.29 is 14.3 Å². The van der Waals surface area contributed by atoms with Gasteiger partial charge < -0.3 is 14.4 Å². The predicted molar refractivity (Wildman–Crippen MR) is 88.0 cm³/mol. The average molecular weight is 341 g/mol. The minimum absolute atomic E-state index is 0.0488. The third-order valence-corrected chi connectivity index (χ3v) is 4.31. The van der Waals surface area contributed by atoms with E-state index in [1.165, 1.54) is 11.0 Å². The van der Waals surface area contributed by atoms with Crippen molar-refractivity contribution in [1.29, 1.82) is 5.26 Å². The maximum atomic E-state index is 12.7. The van der Waals surface area contributed by atoms with E-state index in [1.807, 2.05) is 29.2 Å². The number of aromatic nitrogens is 3. The van der Waals surface area contributed by atoms with Gasteiger partial charge in [0.15, 0.2) is 0 Å². The second-order valence-corrected chi connectivity index (χ2v) is 5.73. The number of nitrogens with zero attached hydrogens (tertiary/aromatic N) is 5. The van der Waals surface area contributed by atoms with Crippen molar-refractivity contribution in [1.82, 2.24) is 19.7 Å². The summed E-state index contributed by atoms with van der Waals surface area (Å²) in [6.45, 7) is 0.738. The van der Waals surface area contributed by atoms with Gasteiger partial charge in [-0.2, -0.15) is 5.26 Å². The number of hydrogen-bond acceptors (Lipinski definition) is 6. The Hall–Kier alpha value is -3.08. The molecule has 1 aromatic carbocycles. The first-order valence-corrected chi connectivity index (χ1v) is 7.97. The molecule has 8 heteroatoms. The van der Waals surface area contributed by atoms with Gasteiger partial charge >= 0.3 is 0 Å². The molecule has 1 aromatic heterocycles. The van der Waals surface area contributed by atoms with Crippen molar-refractivity contribution in [2.75, 3.05) is 20.8 Å². The van der Waals surface area contributed by atoms with Gasteiger partial charge in [0.25, 0.3) is 5.82 Å². The van der Waals surface area contributed by atoms with E-state index >= 15 is 0 Å². The van der Waals surface area contributed by atoms with Crippen LogP contribution in [0.25, 0.3) is 0 Å². The van der Waals surface area contributed by atoms with E-state index < -0.39 is 0 Å². The molecule has 1 saturated heterocycles. The highest BCUT2D eigenvalue weighted by atomic mass is 16.5. The zero-order valence-electron chi connectivity index (χ0n) is 14.2. The van der Waals surface area contributed by atoms with E-state index in [0.717, 1.165) is 18.4 Å². The third-order valence-electron chi connectivity index (χ3n) is 4.31. The van der Waals surface area contributed by atoms with Crippen LogP contribution in [-0.2, 0) is 11.3 Å². The molecule has 0 saturated carbocycles. The van der Waals surface area contributed by atoms with Crippen LogP contribution in [0, 0.1) is 11.3 Å². The van der Waals surface area contributed by atoms with Gasteiger partial charge in [0.05, 0.1) is 20.3 Å². The first kappa shape index (κ1) is 16.8. The van der Waals surface area contributed by atoms with Crippen molar-refractivity contribution in [2.45, 2.75) is 25.4 Å². The SMILES string of the molecule is COc1ccc(C2CCCN2C(=O)Cn2cnc(C#N)n2)c(OC)c1. The van der Waals surface area contributed by atoms with Crippen LogP contribution in [0.15, 0.2) is 24.5 Å². The maximum absolute atomic E-state index is 12.7. The minimum atomic E-state index is -0.0604. The van der Waals surface area contributed by atoms with Gasteiger partial charge in [0.2, 0.25) is 5.91 Å². The molecule has 1 unspecified atom stereocenters. The van der Waals surface area contributed by atoms with Gasteiger partial charge in [-0.25, -0.2) is 9.67 Å². The highest BCUT2D eigenvalue weighted by Gasteiger charge is 2.32. The lowest BCUT2D eigenvalue weighted by atomic mass is 10.0. The minimum Gasteiger partial charge on any atom is -0.497 e. The van der Waals surface area contributed by atoms with Gasteiger partial charge in [0.1, 0.15) is 30.4 Å². The number of ether oxygens (including phenoxy) is 2. The molecule has 25 heavy (non-hydrogen) atoms. The Kier molecular flexibility index (Phi) is 4.84. The molecule has 1 fully saturated rings. The van der Waals surface area contributed by atoms with Crippen molar-refractivity contribution >= 4 is 5.91 Å². The number of carbonyl (C=O) groups excluding carboxylic acids is 1. The maximum Gasteiger partial charge on any atom is 0.252 e. The highest BCUT2D eigenvalue weighted by Crippen LogP contribution is 2.38.